The number of nitrogens with one attached hydrogen (secondary N) is 2. The quantitative estimate of drug-likeness (QED) is 0.841. The fraction of sp³-hybridized carbons (Fsp3) is 0.455. The minimum Gasteiger partial charge on any atom is -0.497 e. The molecule has 106 valence electrons. The third-order valence-corrected chi connectivity index (χ3v) is 4.35. The highest BCUT2D eigenvalue weighted by Gasteiger charge is 2.24. The largest absolute Gasteiger partial charge is 0.497 e. The lowest BCUT2D eigenvalue weighted by Gasteiger charge is -2.27. The predicted octanol–water partition coefficient (Wildman–Crippen LogP) is 0.396. The summed E-state index contributed by atoms with van der Waals surface area (Å²) in [7, 11) is -2.30. The molecule has 2 rings (SSSR count). The van der Waals surface area contributed by atoms with E-state index in [1.165, 1.54) is 23.5 Å². The first-order valence-corrected chi connectivity index (χ1v) is 7.29. The van der Waals surface area contributed by atoms with Crippen molar-refractivity contribution in [1.82, 2.24) is 9.62 Å². The van der Waals surface area contributed by atoms with Crippen LogP contribution < -0.4 is 14.8 Å². The molecule has 1 aromatic carbocycles. The molecule has 6 nitrogen and oxygen atoms in total. The van der Waals surface area contributed by atoms with Crippen molar-refractivity contribution in [2.45, 2.75) is 0 Å². The molecule has 0 aromatic heterocycles. The Bertz CT molecular complexity index is 544. The SMILES string of the molecule is COc1ccc(F)c(NS(=O)(=O)N2CCNCC2)c1. The molecule has 1 aliphatic heterocycles. The topological polar surface area (TPSA) is 70.7 Å². The lowest BCUT2D eigenvalue weighted by atomic mass is 10.3. The van der Waals surface area contributed by atoms with Crippen LogP contribution in [0.5, 0.6) is 5.75 Å². The second-order valence-corrected chi connectivity index (χ2v) is 5.77. The third-order valence-electron chi connectivity index (χ3n) is 2.83. The van der Waals surface area contributed by atoms with Gasteiger partial charge in [-0.3, -0.25) is 4.72 Å². The first kappa shape index (κ1) is 14.0. The first-order valence-electron chi connectivity index (χ1n) is 5.85. The molecule has 1 aromatic rings. The van der Waals surface area contributed by atoms with E-state index >= 15 is 0 Å². The average Bonchev–Trinajstić information content (AvgIpc) is 2.42. The van der Waals surface area contributed by atoms with Crippen LogP contribution in [0.4, 0.5) is 10.1 Å². The van der Waals surface area contributed by atoms with Crippen molar-refractivity contribution in [3.63, 3.8) is 0 Å². The maximum Gasteiger partial charge on any atom is 0.301 e. The Hall–Kier alpha value is -1.38. The molecule has 1 saturated heterocycles. The molecule has 1 heterocycles. The van der Waals surface area contributed by atoms with Gasteiger partial charge in [-0.05, 0) is 12.1 Å². The van der Waals surface area contributed by atoms with Gasteiger partial charge in [0.2, 0.25) is 0 Å². The van der Waals surface area contributed by atoms with Gasteiger partial charge < -0.3 is 10.1 Å². The summed E-state index contributed by atoms with van der Waals surface area (Å²) in [5, 5.41) is 3.05. The Morgan fingerprint density at radius 3 is 2.68 bits per heavy atom. The van der Waals surface area contributed by atoms with Crippen LogP contribution in [0.3, 0.4) is 0 Å². The zero-order valence-electron chi connectivity index (χ0n) is 10.5. The Balaban J connectivity index is 2.19. The van der Waals surface area contributed by atoms with E-state index in [2.05, 4.69) is 10.0 Å². The van der Waals surface area contributed by atoms with Gasteiger partial charge in [-0.15, -0.1) is 0 Å². The second-order valence-electron chi connectivity index (χ2n) is 4.10. The Morgan fingerprint density at radius 1 is 1.37 bits per heavy atom. The summed E-state index contributed by atoms with van der Waals surface area (Å²) in [6.45, 7) is 1.89. The number of nitrogens with zero attached hydrogens (tertiary/aromatic N) is 1. The number of rotatable bonds is 4. The molecule has 0 amide bonds. The molecule has 1 fully saturated rings. The van der Waals surface area contributed by atoms with E-state index in [1.54, 1.807) is 0 Å². The number of ether oxygens (including phenoxy) is 1. The van der Waals surface area contributed by atoms with Crippen LogP contribution in [-0.2, 0) is 10.2 Å². The van der Waals surface area contributed by atoms with Crippen LogP contribution in [0.25, 0.3) is 0 Å². The fourth-order valence-electron chi connectivity index (χ4n) is 1.80. The number of hydrogen-bond donors (Lipinski definition) is 2. The Kier molecular flexibility index (Phi) is 4.23. The Labute approximate surface area is 111 Å². The van der Waals surface area contributed by atoms with Gasteiger partial charge in [-0.2, -0.15) is 12.7 Å². The van der Waals surface area contributed by atoms with E-state index in [0.29, 0.717) is 31.9 Å². The lowest BCUT2D eigenvalue weighted by molar-refractivity contribution is 0.362. The zero-order chi connectivity index (χ0) is 13.9. The maximum atomic E-state index is 13.6. The maximum absolute atomic E-state index is 13.6. The van der Waals surface area contributed by atoms with Crippen LogP contribution in [0.15, 0.2) is 18.2 Å². The van der Waals surface area contributed by atoms with E-state index in [1.807, 2.05) is 0 Å². The van der Waals surface area contributed by atoms with Crippen LogP contribution in [0.2, 0.25) is 0 Å². The minimum absolute atomic E-state index is 0.113. The van der Waals surface area contributed by atoms with Crippen molar-refractivity contribution in [2.75, 3.05) is 38.0 Å². The van der Waals surface area contributed by atoms with Crippen LogP contribution >= 0.6 is 0 Å². The van der Waals surface area contributed by atoms with E-state index in [9.17, 15) is 12.8 Å². The smallest absolute Gasteiger partial charge is 0.301 e. The molecule has 0 aliphatic carbocycles. The molecule has 1 aliphatic rings. The summed E-state index contributed by atoms with van der Waals surface area (Å²) in [6.07, 6.45) is 0. The number of benzene rings is 1. The number of halogens is 1. The van der Waals surface area contributed by atoms with Crippen molar-refractivity contribution < 1.29 is 17.5 Å². The average molecular weight is 289 g/mol. The molecule has 0 saturated carbocycles. The van der Waals surface area contributed by atoms with E-state index in [0.717, 1.165) is 6.07 Å². The van der Waals surface area contributed by atoms with Gasteiger partial charge >= 0.3 is 10.2 Å². The molecule has 8 heteroatoms. The number of hydrogen-bond acceptors (Lipinski definition) is 4. The molecule has 19 heavy (non-hydrogen) atoms. The standard InChI is InChI=1S/C11H16FN3O3S/c1-18-9-2-3-10(12)11(8-9)14-19(16,17)15-6-4-13-5-7-15/h2-3,8,13-14H,4-7H2,1H3. The Morgan fingerprint density at radius 2 is 2.05 bits per heavy atom. The number of methoxy groups -OCH3 is 1. The van der Waals surface area contributed by atoms with Crippen LogP contribution in [0, 0.1) is 5.82 Å². The van der Waals surface area contributed by atoms with Gasteiger partial charge in [0.25, 0.3) is 0 Å². The van der Waals surface area contributed by atoms with Gasteiger partial charge in [0.15, 0.2) is 0 Å². The lowest BCUT2D eigenvalue weighted by Crippen LogP contribution is -2.48. The van der Waals surface area contributed by atoms with Gasteiger partial charge in [0.05, 0.1) is 12.8 Å². The van der Waals surface area contributed by atoms with Crippen LogP contribution in [0.1, 0.15) is 0 Å². The van der Waals surface area contributed by atoms with Crippen molar-refractivity contribution in [2.24, 2.45) is 0 Å². The molecule has 0 spiro atoms. The number of anilines is 1. The highest BCUT2D eigenvalue weighted by atomic mass is 32.2. The van der Waals surface area contributed by atoms with Crippen molar-refractivity contribution in [1.29, 1.82) is 0 Å². The van der Waals surface area contributed by atoms with Gasteiger partial charge in [0, 0.05) is 32.2 Å². The van der Waals surface area contributed by atoms with E-state index < -0.39 is 16.0 Å². The number of piperazine rings is 1. The molecule has 0 bridgehead atoms. The highest BCUT2D eigenvalue weighted by molar-refractivity contribution is 7.90. The molecule has 0 radical (unpaired) electrons. The van der Waals surface area contributed by atoms with Gasteiger partial charge in [0.1, 0.15) is 11.6 Å². The summed E-state index contributed by atoms with van der Waals surface area (Å²) in [5.74, 6) is -0.251. The zero-order valence-corrected chi connectivity index (χ0v) is 11.3. The molecule has 0 atom stereocenters. The molecular weight excluding hydrogens is 273 g/mol. The van der Waals surface area contributed by atoms with Crippen molar-refractivity contribution >= 4 is 15.9 Å². The fourth-order valence-corrected chi connectivity index (χ4v) is 3.02. The van der Waals surface area contributed by atoms with Gasteiger partial charge in [-0.25, -0.2) is 4.39 Å². The third kappa shape index (κ3) is 3.34. The van der Waals surface area contributed by atoms with Crippen LogP contribution in [-0.4, -0.2) is 46.0 Å². The normalized spacial score (nSPS) is 17.2. The van der Waals surface area contributed by atoms with E-state index in [4.69, 9.17) is 4.74 Å². The summed E-state index contributed by atoms with van der Waals surface area (Å²) in [5.41, 5.74) is -0.113. The molecular formula is C11H16FN3O3S. The minimum atomic E-state index is -3.74. The molecule has 2 N–H and O–H groups in total. The molecule has 0 unspecified atom stereocenters. The summed E-state index contributed by atoms with van der Waals surface area (Å²) in [6, 6.07) is 3.90. The van der Waals surface area contributed by atoms with E-state index in [-0.39, 0.29) is 5.69 Å². The summed E-state index contributed by atoms with van der Waals surface area (Å²) >= 11 is 0. The summed E-state index contributed by atoms with van der Waals surface area (Å²) in [4.78, 5) is 0. The first-order chi connectivity index (χ1) is 9.03. The predicted molar refractivity (Wildman–Crippen MR) is 69.9 cm³/mol. The van der Waals surface area contributed by atoms with Gasteiger partial charge in [-0.1, -0.05) is 0 Å². The van der Waals surface area contributed by atoms with Crippen molar-refractivity contribution in [3.05, 3.63) is 24.0 Å². The second kappa shape index (κ2) is 5.72. The highest BCUT2D eigenvalue weighted by Crippen LogP contribution is 2.22. The monoisotopic (exact) mass is 289 g/mol. The van der Waals surface area contributed by atoms with Crippen molar-refractivity contribution in [3.8, 4) is 5.75 Å². The summed E-state index contributed by atoms with van der Waals surface area (Å²) < 4.78 is 46.2.